The minimum absolute atomic E-state index is 0.108. The number of aromatic carboxylic acids is 1. The normalized spacial score (nSPS) is 17.7. The highest BCUT2D eigenvalue weighted by molar-refractivity contribution is 5.94. The first-order valence-electron chi connectivity index (χ1n) is 10.6. The molecule has 2 N–H and O–H groups in total. The number of nitrogens with zero attached hydrogens (tertiary/aromatic N) is 2. The van der Waals surface area contributed by atoms with Crippen LogP contribution in [0.4, 0.5) is 23.2 Å². The molecule has 0 amide bonds. The molecule has 0 saturated heterocycles. The van der Waals surface area contributed by atoms with E-state index in [2.05, 4.69) is 5.32 Å². The van der Waals surface area contributed by atoms with Gasteiger partial charge in [0.2, 0.25) is 5.43 Å². The summed E-state index contributed by atoms with van der Waals surface area (Å²) in [6, 6.07) is 3.34. The predicted molar refractivity (Wildman–Crippen MR) is 118 cm³/mol. The molecule has 5 rings (SSSR count). The number of pyridine rings is 1. The summed E-state index contributed by atoms with van der Waals surface area (Å²) in [5.41, 5.74) is -1.04. The predicted octanol–water partition coefficient (Wildman–Crippen LogP) is 3.74. The Morgan fingerprint density at radius 1 is 1.12 bits per heavy atom. The molecule has 176 valence electrons. The van der Waals surface area contributed by atoms with Crippen LogP contribution >= 0.6 is 0 Å². The van der Waals surface area contributed by atoms with Gasteiger partial charge in [0.05, 0.1) is 16.6 Å². The van der Waals surface area contributed by atoms with Crippen LogP contribution in [0.1, 0.15) is 23.2 Å². The van der Waals surface area contributed by atoms with Crippen molar-refractivity contribution in [2.24, 2.45) is 0 Å². The second-order valence-corrected chi connectivity index (χ2v) is 8.42. The number of rotatable bonds is 4. The van der Waals surface area contributed by atoms with Gasteiger partial charge in [0.25, 0.3) is 0 Å². The third-order valence-corrected chi connectivity index (χ3v) is 6.57. The first-order valence-corrected chi connectivity index (χ1v) is 10.6. The van der Waals surface area contributed by atoms with Gasteiger partial charge in [-0.15, -0.1) is 0 Å². The van der Waals surface area contributed by atoms with E-state index in [1.807, 2.05) is 7.05 Å². The third-order valence-electron chi connectivity index (χ3n) is 6.57. The van der Waals surface area contributed by atoms with E-state index in [4.69, 9.17) is 0 Å². The van der Waals surface area contributed by atoms with E-state index in [1.54, 1.807) is 0 Å². The lowest BCUT2D eigenvalue weighted by Gasteiger charge is -2.25. The number of fused-ring (bicyclic) bond motifs is 1. The van der Waals surface area contributed by atoms with E-state index in [0.717, 1.165) is 53.0 Å². The maximum Gasteiger partial charge on any atom is 0.341 e. The van der Waals surface area contributed by atoms with Crippen molar-refractivity contribution < 1.29 is 27.5 Å². The summed E-state index contributed by atoms with van der Waals surface area (Å²) in [7, 11) is 1.82. The third kappa shape index (κ3) is 3.28. The molecule has 0 saturated carbocycles. The highest BCUT2D eigenvalue weighted by Gasteiger charge is 2.35. The Bertz CT molecular complexity index is 1460. The van der Waals surface area contributed by atoms with Gasteiger partial charge < -0.3 is 19.9 Å². The van der Waals surface area contributed by atoms with Crippen LogP contribution < -0.4 is 15.6 Å². The highest BCUT2D eigenvalue weighted by Crippen LogP contribution is 2.39. The molecule has 1 unspecified atom stereocenters. The molecule has 1 aromatic heterocycles. The number of carboxylic acid groups (broad SMARTS) is 1. The number of halogens is 4. The number of carbonyl (C=O) groups is 1. The standard InChI is InChI=1S/C24H19F4N3O3/c1-29-18-4-2-11-8-30(9-14(11)18)22-17(27)7-13-21(20(22)28)31(10-15(23(13)32)24(33)34)19-5-3-12(25)6-16(19)26/h3,5-7,10,18,29H,2,4,8-9H2,1H3,(H,33,34). The van der Waals surface area contributed by atoms with Crippen molar-refractivity contribution in [1.82, 2.24) is 9.88 Å². The Morgan fingerprint density at radius 2 is 1.88 bits per heavy atom. The summed E-state index contributed by atoms with van der Waals surface area (Å²) in [6.45, 7) is 0.581. The number of carboxylic acids is 1. The summed E-state index contributed by atoms with van der Waals surface area (Å²) in [5.74, 6) is -5.81. The van der Waals surface area contributed by atoms with Crippen LogP contribution in [0.5, 0.6) is 0 Å². The van der Waals surface area contributed by atoms with Crippen LogP contribution in [0.15, 0.2) is 46.4 Å². The Morgan fingerprint density at radius 3 is 2.56 bits per heavy atom. The monoisotopic (exact) mass is 473 g/mol. The Kier molecular flexibility index (Phi) is 5.20. The molecule has 2 aliphatic rings. The Balaban J connectivity index is 1.76. The second-order valence-electron chi connectivity index (χ2n) is 8.42. The van der Waals surface area contributed by atoms with Gasteiger partial charge in [-0.25, -0.2) is 22.4 Å². The van der Waals surface area contributed by atoms with Gasteiger partial charge in [-0.05, 0) is 49.2 Å². The number of hydrogen-bond donors (Lipinski definition) is 2. The number of likely N-dealkylation sites (N-methyl/N-ethyl adjacent to an activating group) is 1. The van der Waals surface area contributed by atoms with Crippen molar-refractivity contribution in [3.05, 3.63) is 80.7 Å². The van der Waals surface area contributed by atoms with Gasteiger partial charge in [0.1, 0.15) is 28.7 Å². The lowest BCUT2D eigenvalue weighted by molar-refractivity contribution is 0.0695. The molecule has 10 heteroatoms. The molecule has 1 aliphatic heterocycles. The van der Waals surface area contributed by atoms with Crippen LogP contribution in [-0.2, 0) is 0 Å². The summed E-state index contributed by atoms with van der Waals surface area (Å²) in [6.07, 6.45) is 2.47. The molecule has 0 spiro atoms. The average Bonchev–Trinajstić information content (AvgIpc) is 3.35. The minimum Gasteiger partial charge on any atom is -0.477 e. The van der Waals surface area contributed by atoms with E-state index >= 15 is 8.78 Å². The van der Waals surface area contributed by atoms with Gasteiger partial charge in [-0.2, -0.15) is 0 Å². The van der Waals surface area contributed by atoms with Crippen molar-refractivity contribution in [3.63, 3.8) is 0 Å². The van der Waals surface area contributed by atoms with Crippen LogP contribution in [0.25, 0.3) is 16.6 Å². The lowest BCUT2D eigenvalue weighted by atomic mass is 10.1. The van der Waals surface area contributed by atoms with E-state index < -0.39 is 56.8 Å². The van der Waals surface area contributed by atoms with Crippen LogP contribution in [0.3, 0.4) is 0 Å². The van der Waals surface area contributed by atoms with Crippen molar-refractivity contribution in [2.75, 3.05) is 25.0 Å². The molecule has 1 atom stereocenters. The molecule has 0 fully saturated rings. The fourth-order valence-corrected chi connectivity index (χ4v) is 4.98. The Hall–Kier alpha value is -3.66. The van der Waals surface area contributed by atoms with Gasteiger partial charge in [-0.3, -0.25) is 4.79 Å². The topological polar surface area (TPSA) is 74.6 Å². The van der Waals surface area contributed by atoms with E-state index in [-0.39, 0.29) is 18.3 Å². The number of aromatic nitrogens is 1. The van der Waals surface area contributed by atoms with E-state index in [1.165, 1.54) is 4.90 Å². The second kappa shape index (κ2) is 7.98. The molecule has 1 aliphatic carbocycles. The van der Waals surface area contributed by atoms with Gasteiger partial charge in [0.15, 0.2) is 5.82 Å². The smallest absolute Gasteiger partial charge is 0.341 e. The maximum absolute atomic E-state index is 16.0. The fourth-order valence-electron chi connectivity index (χ4n) is 4.98. The molecule has 2 heterocycles. The first-order chi connectivity index (χ1) is 16.2. The number of benzene rings is 2. The molecule has 6 nitrogen and oxygen atoms in total. The van der Waals surface area contributed by atoms with E-state index in [0.29, 0.717) is 12.6 Å². The highest BCUT2D eigenvalue weighted by atomic mass is 19.1. The van der Waals surface area contributed by atoms with Crippen LogP contribution in [0.2, 0.25) is 0 Å². The largest absolute Gasteiger partial charge is 0.477 e. The quantitative estimate of drug-likeness (QED) is 0.446. The number of nitrogens with one attached hydrogen (secondary N) is 1. The van der Waals surface area contributed by atoms with Crippen LogP contribution in [-0.4, -0.2) is 41.8 Å². The summed E-state index contributed by atoms with van der Waals surface area (Å²) >= 11 is 0. The molecular weight excluding hydrogens is 454 g/mol. The molecule has 34 heavy (non-hydrogen) atoms. The summed E-state index contributed by atoms with van der Waals surface area (Å²) < 4.78 is 60.2. The lowest BCUT2D eigenvalue weighted by Crippen LogP contribution is -2.31. The van der Waals surface area contributed by atoms with E-state index in [9.17, 15) is 23.5 Å². The fraction of sp³-hybridized carbons (Fsp3) is 0.250. The number of hydrogen-bond acceptors (Lipinski definition) is 4. The molecule has 3 aromatic rings. The van der Waals surface area contributed by atoms with Gasteiger partial charge >= 0.3 is 5.97 Å². The summed E-state index contributed by atoms with van der Waals surface area (Å²) in [5, 5.41) is 12.1. The Labute approximate surface area is 190 Å². The zero-order valence-corrected chi connectivity index (χ0v) is 18.0. The maximum atomic E-state index is 16.0. The molecule has 0 bridgehead atoms. The molecular formula is C24H19F4N3O3. The summed E-state index contributed by atoms with van der Waals surface area (Å²) in [4.78, 5) is 25.9. The number of anilines is 1. The minimum atomic E-state index is -1.65. The van der Waals surface area contributed by atoms with Gasteiger partial charge in [0, 0.05) is 31.4 Å². The van der Waals surface area contributed by atoms with Crippen molar-refractivity contribution >= 4 is 22.6 Å². The zero-order valence-electron chi connectivity index (χ0n) is 18.0. The van der Waals surface area contributed by atoms with Crippen molar-refractivity contribution in [3.8, 4) is 5.69 Å². The van der Waals surface area contributed by atoms with Crippen LogP contribution in [0, 0.1) is 23.3 Å². The molecule has 0 radical (unpaired) electrons. The average molecular weight is 473 g/mol. The van der Waals surface area contributed by atoms with Crippen molar-refractivity contribution in [1.29, 1.82) is 0 Å². The van der Waals surface area contributed by atoms with Crippen molar-refractivity contribution in [2.45, 2.75) is 18.9 Å². The SMILES string of the molecule is CNC1CCC2=C1CN(c1c(F)cc3c(=O)c(C(=O)O)cn(-c4ccc(F)cc4F)c3c1F)C2. The van der Waals surface area contributed by atoms with Gasteiger partial charge in [-0.1, -0.05) is 0 Å². The zero-order chi connectivity index (χ0) is 24.3. The first kappa shape index (κ1) is 22.1. The molecule has 2 aromatic carbocycles.